The molecule has 122 valence electrons. The Morgan fingerprint density at radius 2 is 1.65 bits per heavy atom. The molecule has 4 bridgehead atoms. The van der Waals surface area contributed by atoms with E-state index in [0.717, 1.165) is 47.1 Å². The zero-order valence-electron chi connectivity index (χ0n) is 13.1. The fourth-order valence-corrected chi connectivity index (χ4v) is 5.51. The topological polar surface area (TPSA) is 53.5 Å². The highest BCUT2D eigenvalue weighted by Crippen LogP contribution is 2.55. The van der Waals surface area contributed by atoms with Gasteiger partial charge in [-0.1, -0.05) is 28.1 Å². The highest BCUT2D eigenvalue weighted by atomic mass is 79.9. The maximum absolute atomic E-state index is 12.2. The molecule has 4 aliphatic carbocycles. The summed E-state index contributed by atoms with van der Waals surface area (Å²) in [6.45, 7) is 0. The van der Waals surface area contributed by atoms with Crippen molar-refractivity contribution in [1.82, 2.24) is 10.7 Å². The molecule has 0 aliphatic heterocycles. The summed E-state index contributed by atoms with van der Waals surface area (Å²) >= 11 is 3.40. The van der Waals surface area contributed by atoms with Gasteiger partial charge in [0, 0.05) is 10.0 Å². The Morgan fingerprint density at radius 1 is 1.09 bits per heavy atom. The lowest BCUT2D eigenvalue weighted by Gasteiger charge is -2.56. The van der Waals surface area contributed by atoms with Gasteiger partial charge in [0.05, 0.1) is 6.21 Å². The van der Waals surface area contributed by atoms with Crippen LogP contribution in [0.2, 0.25) is 0 Å². The van der Waals surface area contributed by atoms with Crippen LogP contribution < -0.4 is 10.7 Å². The van der Waals surface area contributed by atoms with E-state index in [2.05, 4.69) is 31.8 Å². The number of hydrazone groups is 1. The van der Waals surface area contributed by atoms with Gasteiger partial charge in [-0.05, 0) is 74.0 Å². The second kappa shape index (κ2) is 5.93. The molecule has 4 nitrogen and oxygen atoms in total. The Bertz CT molecular complexity index is 590. The van der Waals surface area contributed by atoms with Crippen LogP contribution in [0, 0.1) is 17.8 Å². The van der Waals surface area contributed by atoms with Crippen LogP contribution >= 0.6 is 15.9 Å². The molecular weight excluding hydrogens is 354 g/mol. The molecule has 23 heavy (non-hydrogen) atoms. The molecule has 0 saturated heterocycles. The van der Waals surface area contributed by atoms with Crippen LogP contribution in [0.3, 0.4) is 0 Å². The van der Waals surface area contributed by atoms with Gasteiger partial charge in [-0.3, -0.25) is 0 Å². The number of carbonyl (C=O) groups is 1. The first-order valence-corrected chi connectivity index (χ1v) is 9.26. The molecule has 4 fully saturated rings. The highest BCUT2D eigenvalue weighted by Gasteiger charge is 2.51. The van der Waals surface area contributed by atoms with E-state index in [9.17, 15) is 4.79 Å². The minimum atomic E-state index is -0.166. The third-order valence-corrected chi connectivity index (χ3v) is 6.20. The van der Waals surface area contributed by atoms with Gasteiger partial charge in [0.15, 0.2) is 0 Å². The first-order valence-electron chi connectivity index (χ1n) is 8.47. The van der Waals surface area contributed by atoms with Crippen molar-refractivity contribution in [3.05, 3.63) is 34.3 Å². The minimum Gasteiger partial charge on any atom is -0.331 e. The van der Waals surface area contributed by atoms with E-state index in [0.29, 0.717) is 0 Å². The number of hydrogen-bond acceptors (Lipinski definition) is 2. The molecule has 5 rings (SSSR count). The molecule has 0 spiro atoms. The Labute approximate surface area is 145 Å². The molecule has 0 unspecified atom stereocenters. The number of nitrogens with one attached hydrogen (secondary N) is 2. The fraction of sp³-hybridized carbons (Fsp3) is 0.556. The van der Waals surface area contributed by atoms with E-state index in [1.807, 2.05) is 24.3 Å². The van der Waals surface area contributed by atoms with Crippen LogP contribution in [0.1, 0.15) is 44.1 Å². The normalized spacial score (nSPS) is 34.7. The molecule has 4 saturated carbocycles. The molecule has 0 aromatic heterocycles. The Kier molecular flexibility index (Phi) is 3.92. The van der Waals surface area contributed by atoms with Crippen molar-refractivity contribution in [1.29, 1.82) is 0 Å². The summed E-state index contributed by atoms with van der Waals surface area (Å²) in [5.41, 5.74) is 3.62. The summed E-state index contributed by atoms with van der Waals surface area (Å²) in [5.74, 6) is 2.48. The van der Waals surface area contributed by atoms with Gasteiger partial charge in [-0.2, -0.15) is 5.10 Å². The summed E-state index contributed by atoms with van der Waals surface area (Å²) in [6, 6.07) is 7.65. The second-order valence-corrected chi connectivity index (χ2v) is 8.49. The van der Waals surface area contributed by atoms with Gasteiger partial charge in [0.25, 0.3) is 0 Å². The van der Waals surface area contributed by atoms with Gasteiger partial charge >= 0.3 is 6.03 Å². The van der Waals surface area contributed by atoms with E-state index in [4.69, 9.17) is 0 Å². The number of urea groups is 1. The predicted octanol–water partition coefficient (Wildman–Crippen LogP) is 4.05. The SMILES string of the molecule is O=C(NN=Cc1ccc(Br)cc1)NC12CC3CC(CC(C3)C1)C2. The molecule has 0 atom stereocenters. The maximum Gasteiger partial charge on any atom is 0.335 e. The Hall–Kier alpha value is -1.36. The molecule has 0 radical (unpaired) electrons. The van der Waals surface area contributed by atoms with Gasteiger partial charge < -0.3 is 5.32 Å². The smallest absolute Gasteiger partial charge is 0.331 e. The van der Waals surface area contributed by atoms with Crippen molar-refractivity contribution >= 4 is 28.2 Å². The first-order chi connectivity index (χ1) is 11.1. The molecular formula is C18H22BrN3O. The number of carbonyl (C=O) groups excluding carboxylic acids is 1. The van der Waals surface area contributed by atoms with Crippen LogP contribution in [0.25, 0.3) is 0 Å². The zero-order chi connectivity index (χ0) is 15.9. The molecule has 1 aromatic carbocycles. The lowest BCUT2D eigenvalue weighted by molar-refractivity contribution is -0.0135. The standard InChI is InChI=1S/C18H22BrN3O/c19-16-3-1-12(2-4-16)11-20-22-17(23)21-18-8-13-5-14(9-18)7-15(6-13)10-18/h1-4,11,13-15H,5-10H2,(H2,21,22,23). The average molecular weight is 376 g/mol. The van der Waals surface area contributed by atoms with Crippen LogP contribution in [0.4, 0.5) is 4.79 Å². The summed E-state index contributed by atoms with van der Waals surface area (Å²) in [6.07, 6.45) is 9.28. The lowest BCUT2D eigenvalue weighted by atomic mass is 9.53. The molecule has 1 aromatic rings. The van der Waals surface area contributed by atoms with Gasteiger partial charge in [-0.15, -0.1) is 0 Å². The van der Waals surface area contributed by atoms with Crippen LogP contribution in [0.5, 0.6) is 0 Å². The third-order valence-electron chi connectivity index (χ3n) is 5.67. The van der Waals surface area contributed by atoms with E-state index >= 15 is 0 Å². The minimum absolute atomic E-state index is 0.0337. The predicted molar refractivity (Wildman–Crippen MR) is 94.3 cm³/mol. The maximum atomic E-state index is 12.2. The van der Waals surface area contributed by atoms with E-state index in [-0.39, 0.29) is 11.6 Å². The lowest BCUT2D eigenvalue weighted by Crippen LogP contribution is -2.61. The van der Waals surface area contributed by atoms with Crippen LogP contribution in [-0.4, -0.2) is 17.8 Å². The van der Waals surface area contributed by atoms with Crippen molar-refractivity contribution in [3.63, 3.8) is 0 Å². The molecule has 4 aliphatic rings. The fourth-order valence-electron chi connectivity index (χ4n) is 5.25. The second-order valence-electron chi connectivity index (χ2n) is 7.57. The number of hydrogen-bond donors (Lipinski definition) is 2. The van der Waals surface area contributed by atoms with Crippen LogP contribution in [0.15, 0.2) is 33.8 Å². The van der Waals surface area contributed by atoms with Crippen molar-refractivity contribution in [2.75, 3.05) is 0 Å². The number of halogens is 1. The summed E-state index contributed by atoms with van der Waals surface area (Å²) in [4.78, 5) is 12.2. The van der Waals surface area contributed by atoms with E-state index < -0.39 is 0 Å². The highest BCUT2D eigenvalue weighted by molar-refractivity contribution is 9.10. The zero-order valence-corrected chi connectivity index (χ0v) is 14.7. The van der Waals surface area contributed by atoms with E-state index in [1.54, 1.807) is 6.21 Å². The van der Waals surface area contributed by atoms with Crippen molar-refractivity contribution in [3.8, 4) is 0 Å². The first kappa shape index (κ1) is 15.2. The third kappa shape index (κ3) is 3.30. The molecule has 2 N–H and O–H groups in total. The summed E-state index contributed by atoms with van der Waals surface area (Å²) in [7, 11) is 0. The van der Waals surface area contributed by atoms with Crippen molar-refractivity contribution in [2.24, 2.45) is 22.9 Å². The quantitative estimate of drug-likeness (QED) is 0.607. The summed E-state index contributed by atoms with van der Waals surface area (Å²) in [5, 5.41) is 7.32. The number of nitrogens with zero attached hydrogens (tertiary/aromatic N) is 1. The largest absolute Gasteiger partial charge is 0.335 e. The Morgan fingerprint density at radius 3 is 2.22 bits per heavy atom. The monoisotopic (exact) mass is 375 g/mol. The Balaban J connectivity index is 1.34. The molecule has 0 heterocycles. The van der Waals surface area contributed by atoms with Gasteiger partial charge in [-0.25, -0.2) is 10.2 Å². The van der Waals surface area contributed by atoms with Crippen molar-refractivity contribution < 1.29 is 4.79 Å². The number of rotatable bonds is 3. The van der Waals surface area contributed by atoms with Crippen LogP contribution in [-0.2, 0) is 0 Å². The van der Waals surface area contributed by atoms with Gasteiger partial charge in [0.1, 0.15) is 0 Å². The van der Waals surface area contributed by atoms with Gasteiger partial charge in [0.2, 0.25) is 0 Å². The van der Waals surface area contributed by atoms with Crippen molar-refractivity contribution in [2.45, 2.75) is 44.1 Å². The summed E-state index contributed by atoms with van der Waals surface area (Å²) < 4.78 is 1.03. The number of benzene rings is 1. The van der Waals surface area contributed by atoms with E-state index in [1.165, 1.54) is 19.3 Å². The molecule has 2 amide bonds. The average Bonchev–Trinajstić information content (AvgIpc) is 2.47. The number of amides is 2. The molecule has 5 heteroatoms.